The third-order valence-electron chi connectivity index (χ3n) is 5.27. The van der Waals surface area contributed by atoms with E-state index >= 15 is 0 Å². The highest BCUT2D eigenvalue weighted by atomic mass is 16.5. The van der Waals surface area contributed by atoms with Gasteiger partial charge in [-0.25, -0.2) is 0 Å². The van der Waals surface area contributed by atoms with E-state index in [4.69, 9.17) is 9.47 Å². The predicted molar refractivity (Wildman–Crippen MR) is 94.4 cm³/mol. The molecule has 2 aliphatic rings. The molecule has 1 aromatic carbocycles. The highest BCUT2D eigenvalue weighted by Gasteiger charge is 2.29. The number of piperidine rings is 1. The molecule has 0 radical (unpaired) electrons. The van der Waals surface area contributed by atoms with Gasteiger partial charge in [-0.15, -0.1) is 0 Å². The number of anilines is 1. The largest absolute Gasteiger partial charge is 0.495 e. The molecule has 0 unspecified atom stereocenters. The van der Waals surface area contributed by atoms with Crippen LogP contribution in [0.25, 0.3) is 0 Å². The average Bonchev–Trinajstić information content (AvgIpc) is 3.14. The van der Waals surface area contributed by atoms with E-state index in [0.717, 1.165) is 32.1 Å². The Morgan fingerprint density at radius 2 is 2.22 bits per heavy atom. The maximum absolute atomic E-state index is 5.58. The SMILES string of the molecule is CC[C@H](N[C@H]1CCCN(c2ccccc2OC)C1)[C@@H]1CCOC1. The van der Waals surface area contributed by atoms with Gasteiger partial charge in [0.2, 0.25) is 0 Å². The lowest BCUT2D eigenvalue weighted by atomic mass is 9.94. The highest BCUT2D eigenvalue weighted by molar-refractivity contribution is 5.58. The van der Waals surface area contributed by atoms with Crippen LogP contribution in [0.5, 0.6) is 5.75 Å². The van der Waals surface area contributed by atoms with E-state index in [9.17, 15) is 0 Å². The minimum absolute atomic E-state index is 0.555. The fraction of sp³-hybridized carbons (Fsp3) is 0.684. The van der Waals surface area contributed by atoms with Crippen molar-refractivity contribution < 1.29 is 9.47 Å². The zero-order valence-corrected chi connectivity index (χ0v) is 14.5. The molecule has 128 valence electrons. The molecular weight excluding hydrogens is 288 g/mol. The predicted octanol–water partition coefficient (Wildman–Crippen LogP) is 3.07. The molecule has 3 rings (SSSR count). The van der Waals surface area contributed by atoms with Crippen LogP contribution in [-0.4, -0.2) is 45.5 Å². The Morgan fingerprint density at radius 3 is 2.96 bits per heavy atom. The Balaban J connectivity index is 1.63. The molecule has 2 aliphatic heterocycles. The minimum Gasteiger partial charge on any atom is -0.495 e. The minimum atomic E-state index is 0.555. The van der Waals surface area contributed by atoms with Crippen LogP contribution in [0.15, 0.2) is 24.3 Å². The second kappa shape index (κ2) is 8.02. The lowest BCUT2D eigenvalue weighted by Crippen LogP contribution is -2.51. The molecule has 23 heavy (non-hydrogen) atoms. The Labute approximate surface area is 140 Å². The number of para-hydroxylation sites is 2. The molecular formula is C19H30N2O2. The normalized spacial score (nSPS) is 26.3. The van der Waals surface area contributed by atoms with Crippen molar-refractivity contribution in [3.05, 3.63) is 24.3 Å². The van der Waals surface area contributed by atoms with Crippen molar-refractivity contribution >= 4 is 5.69 Å². The van der Waals surface area contributed by atoms with E-state index in [-0.39, 0.29) is 0 Å². The number of hydrogen-bond donors (Lipinski definition) is 1. The number of nitrogens with zero attached hydrogens (tertiary/aromatic N) is 1. The van der Waals surface area contributed by atoms with Gasteiger partial charge in [0.15, 0.2) is 0 Å². The van der Waals surface area contributed by atoms with E-state index < -0.39 is 0 Å². The summed E-state index contributed by atoms with van der Waals surface area (Å²) in [5.41, 5.74) is 1.22. The van der Waals surface area contributed by atoms with Gasteiger partial charge in [0, 0.05) is 31.8 Å². The molecule has 0 aliphatic carbocycles. The van der Waals surface area contributed by atoms with Gasteiger partial charge in [0.05, 0.1) is 19.4 Å². The molecule has 0 saturated carbocycles. The van der Waals surface area contributed by atoms with E-state index in [1.165, 1.54) is 31.4 Å². The summed E-state index contributed by atoms with van der Waals surface area (Å²) >= 11 is 0. The molecule has 4 nitrogen and oxygen atoms in total. The summed E-state index contributed by atoms with van der Waals surface area (Å²) in [6, 6.07) is 9.49. The maximum Gasteiger partial charge on any atom is 0.142 e. The van der Waals surface area contributed by atoms with Gasteiger partial charge in [-0.3, -0.25) is 0 Å². The first-order valence-corrected chi connectivity index (χ1v) is 9.03. The van der Waals surface area contributed by atoms with E-state index in [1.54, 1.807) is 7.11 Å². The van der Waals surface area contributed by atoms with Gasteiger partial charge in [-0.2, -0.15) is 0 Å². The van der Waals surface area contributed by atoms with Gasteiger partial charge >= 0.3 is 0 Å². The molecule has 1 N–H and O–H groups in total. The second-order valence-electron chi connectivity index (χ2n) is 6.76. The summed E-state index contributed by atoms with van der Waals surface area (Å²) < 4.78 is 11.1. The van der Waals surface area contributed by atoms with Crippen LogP contribution in [0.2, 0.25) is 0 Å². The van der Waals surface area contributed by atoms with E-state index in [2.05, 4.69) is 35.3 Å². The fourth-order valence-corrected chi connectivity index (χ4v) is 3.98. The Bertz CT molecular complexity index is 488. The number of hydrogen-bond acceptors (Lipinski definition) is 4. The number of nitrogens with one attached hydrogen (secondary N) is 1. The summed E-state index contributed by atoms with van der Waals surface area (Å²) in [4.78, 5) is 2.47. The summed E-state index contributed by atoms with van der Waals surface area (Å²) in [5, 5.41) is 3.92. The van der Waals surface area contributed by atoms with E-state index in [1.807, 2.05) is 6.07 Å². The maximum atomic E-state index is 5.58. The monoisotopic (exact) mass is 318 g/mol. The van der Waals surface area contributed by atoms with Crippen molar-refractivity contribution in [2.45, 2.75) is 44.7 Å². The zero-order chi connectivity index (χ0) is 16.1. The third kappa shape index (κ3) is 3.99. The van der Waals surface area contributed by atoms with Gasteiger partial charge in [0.25, 0.3) is 0 Å². The number of ether oxygens (including phenoxy) is 2. The molecule has 4 heteroatoms. The van der Waals surface area contributed by atoms with Crippen LogP contribution in [0.1, 0.15) is 32.6 Å². The number of rotatable bonds is 6. The quantitative estimate of drug-likeness (QED) is 0.874. The first-order chi connectivity index (χ1) is 11.3. The van der Waals surface area contributed by atoms with Crippen molar-refractivity contribution in [1.29, 1.82) is 0 Å². The highest BCUT2D eigenvalue weighted by Crippen LogP contribution is 2.30. The Morgan fingerprint density at radius 1 is 1.35 bits per heavy atom. The van der Waals surface area contributed by atoms with Crippen LogP contribution in [0, 0.1) is 5.92 Å². The number of benzene rings is 1. The molecule has 2 fully saturated rings. The summed E-state index contributed by atoms with van der Waals surface area (Å²) in [7, 11) is 1.76. The second-order valence-corrected chi connectivity index (χ2v) is 6.76. The first kappa shape index (κ1) is 16.6. The first-order valence-electron chi connectivity index (χ1n) is 9.03. The van der Waals surface area contributed by atoms with Crippen LogP contribution in [0.3, 0.4) is 0 Å². The van der Waals surface area contributed by atoms with E-state index in [0.29, 0.717) is 18.0 Å². The molecule has 3 atom stereocenters. The van der Waals surface area contributed by atoms with Crippen LogP contribution in [-0.2, 0) is 4.74 Å². The molecule has 0 amide bonds. The molecule has 0 aromatic heterocycles. The smallest absolute Gasteiger partial charge is 0.142 e. The van der Waals surface area contributed by atoms with Gasteiger partial charge in [-0.05, 0) is 43.7 Å². The Hall–Kier alpha value is -1.26. The van der Waals surface area contributed by atoms with Gasteiger partial charge in [0.1, 0.15) is 5.75 Å². The number of methoxy groups -OCH3 is 1. The molecule has 2 heterocycles. The fourth-order valence-electron chi connectivity index (χ4n) is 3.98. The topological polar surface area (TPSA) is 33.7 Å². The molecule has 2 saturated heterocycles. The van der Waals surface area contributed by atoms with Crippen molar-refractivity contribution in [3.63, 3.8) is 0 Å². The average molecular weight is 318 g/mol. The lowest BCUT2D eigenvalue weighted by molar-refractivity contribution is 0.172. The summed E-state index contributed by atoms with van der Waals surface area (Å²) in [6.45, 7) is 6.32. The molecule has 0 spiro atoms. The van der Waals surface area contributed by atoms with Crippen molar-refractivity contribution in [3.8, 4) is 5.75 Å². The molecule has 0 bridgehead atoms. The van der Waals surface area contributed by atoms with Crippen molar-refractivity contribution in [1.82, 2.24) is 5.32 Å². The van der Waals surface area contributed by atoms with Crippen LogP contribution < -0.4 is 15.0 Å². The van der Waals surface area contributed by atoms with Crippen molar-refractivity contribution in [2.75, 3.05) is 38.3 Å². The van der Waals surface area contributed by atoms with Crippen molar-refractivity contribution in [2.24, 2.45) is 5.92 Å². The standard InChI is InChI=1S/C19H30N2O2/c1-3-17(15-10-12-23-14-15)20-16-7-6-11-21(13-16)18-8-4-5-9-19(18)22-2/h4-5,8-9,15-17,20H,3,6-7,10-14H2,1-2H3/t15-,16+,17+/m1/s1. The zero-order valence-electron chi connectivity index (χ0n) is 14.5. The van der Waals surface area contributed by atoms with Crippen LogP contribution >= 0.6 is 0 Å². The summed E-state index contributed by atoms with van der Waals surface area (Å²) in [5.74, 6) is 1.66. The van der Waals surface area contributed by atoms with Crippen LogP contribution in [0.4, 0.5) is 5.69 Å². The molecule has 1 aromatic rings. The van der Waals surface area contributed by atoms with Gasteiger partial charge < -0.3 is 19.7 Å². The lowest BCUT2D eigenvalue weighted by Gasteiger charge is -2.38. The third-order valence-corrected chi connectivity index (χ3v) is 5.27. The summed E-state index contributed by atoms with van der Waals surface area (Å²) in [6.07, 6.45) is 4.87. The Kier molecular flexibility index (Phi) is 5.79. The van der Waals surface area contributed by atoms with Gasteiger partial charge in [-0.1, -0.05) is 19.1 Å².